The highest BCUT2D eigenvalue weighted by Crippen LogP contribution is 2.02. The zero-order valence-corrected chi connectivity index (χ0v) is 6.18. The Hall–Kier alpha value is -1.71. The van der Waals surface area contributed by atoms with E-state index in [0.29, 0.717) is 5.82 Å². The van der Waals surface area contributed by atoms with Crippen LogP contribution in [0.2, 0.25) is 0 Å². The highest BCUT2D eigenvalue weighted by atomic mass is 19.1. The molecule has 2 aromatic heterocycles. The van der Waals surface area contributed by atoms with E-state index >= 15 is 0 Å². The maximum absolute atomic E-state index is 12.5. The van der Waals surface area contributed by atoms with Gasteiger partial charge in [0.15, 0.2) is 11.6 Å². The standard InChI is InChI=1S/C8H6FN3/c9-7-5-11-12(6-7)8-3-1-2-4-10-8/h1-6H. The molecule has 0 radical (unpaired) electrons. The van der Waals surface area contributed by atoms with Gasteiger partial charge in [0, 0.05) is 6.20 Å². The van der Waals surface area contributed by atoms with Crippen LogP contribution in [0, 0.1) is 5.82 Å². The lowest BCUT2D eigenvalue weighted by Gasteiger charge is -1.96. The fourth-order valence-electron chi connectivity index (χ4n) is 0.915. The molecular weight excluding hydrogens is 157 g/mol. The molecule has 0 atom stereocenters. The van der Waals surface area contributed by atoms with Gasteiger partial charge < -0.3 is 0 Å². The molecule has 0 amide bonds. The molecule has 0 N–H and O–H groups in total. The number of hydrogen-bond acceptors (Lipinski definition) is 2. The largest absolute Gasteiger partial charge is 0.237 e. The van der Waals surface area contributed by atoms with Gasteiger partial charge in [-0.15, -0.1) is 0 Å². The molecule has 2 rings (SSSR count). The molecule has 2 aromatic rings. The molecule has 0 saturated heterocycles. The van der Waals surface area contributed by atoms with E-state index < -0.39 is 0 Å². The van der Waals surface area contributed by atoms with Gasteiger partial charge in [-0.3, -0.25) is 0 Å². The minimum Gasteiger partial charge on any atom is -0.237 e. The Labute approximate surface area is 68.5 Å². The molecular formula is C8H6FN3. The van der Waals surface area contributed by atoms with Gasteiger partial charge in [-0.25, -0.2) is 14.1 Å². The van der Waals surface area contributed by atoms with Crippen molar-refractivity contribution >= 4 is 0 Å². The monoisotopic (exact) mass is 163 g/mol. The molecule has 0 aliphatic carbocycles. The maximum Gasteiger partial charge on any atom is 0.161 e. The summed E-state index contributed by atoms with van der Waals surface area (Å²) in [5, 5.41) is 3.77. The predicted octanol–water partition coefficient (Wildman–Crippen LogP) is 1.41. The quantitative estimate of drug-likeness (QED) is 0.636. The summed E-state index contributed by atoms with van der Waals surface area (Å²) >= 11 is 0. The summed E-state index contributed by atoms with van der Waals surface area (Å²) in [7, 11) is 0. The number of pyridine rings is 1. The second kappa shape index (κ2) is 2.73. The van der Waals surface area contributed by atoms with Crippen LogP contribution < -0.4 is 0 Å². The second-order valence-electron chi connectivity index (χ2n) is 2.29. The topological polar surface area (TPSA) is 30.7 Å². The molecule has 60 valence electrons. The summed E-state index contributed by atoms with van der Waals surface area (Å²) in [4.78, 5) is 4.00. The number of halogens is 1. The Balaban J connectivity index is 2.45. The Bertz CT molecular complexity index is 369. The van der Waals surface area contributed by atoms with E-state index in [0.717, 1.165) is 6.20 Å². The minimum atomic E-state index is -0.361. The summed E-state index contributed by atoms with van der Waals surface area (Å²) in [6.07, 6.45) is 4.06. The lowest BCUT2D eigenvalue weighted by Crippen LogP contribution is -1.95. The van der Waals surface area contributed by atoms with Crippen LogP contribution in [-0.2, 0) is 0 Å². The highest BCUT2D eigenvalue weighted by Gasteiger charge is 1.98. The van der Waals surface area contributed by atoms with E-state index in [1.165, 1.54) is 10.9 Å². The SMILES string of the molecule is Fc1cnn(-c2ccccn2)c1. The van der Waals surface area contributed by atoms with Crippen molar-refractivity contribution < 1.29 is 4.39 Å². The van der Waals surface area contributed by atoms with E-state index in [-0.39, 0.29) is 5.82 Å². The van der Waals surface area contributed by atoms with Gasteiger partial charge >= 0.3 is 0 Å². The molecule has 3 nitrogen and oxygen atoms in total. The number of rotatable bonds is 1. The average molecular weight is 163 g/mol. The Morgan fingerprint density at radius 1 is 1.33 bits per heavy atom. The highest BCUT2D eigenvalue weighted by molar-refractivity contribution is 5.19. The zero-order valence-electron chi connectivity index (χ0n) is 6.18. The molecule has 0 spiro atoms. The minimum absolute atomic E-state index is 0.361. The van der Waals surface area contributed by atoms with Crippen molar-refractivity contribution in [1.82, 2.24) is 14.8 Å². The van der Waals surface area contributed by atoms with Crippen LogP contribution in [0.1, 0.15) is 0 Å². The molecule has 12 heavy (non-hydrogen) atoms. The van der Waals surface area contributed by atoms with Crippen molar-refractivity contribution in [3.05, 3.63) is 42.6 Å². The van der Waals surface area contributed by atoms with Crippen molar-refractivity contribution in [3.63, 3.8) is 0 Å². The average Bonchev–Trinajstić information content (AvgIpc) is 2.54. The molecule has 0 aromatic carbocycles. The van der Waals surface area contributed by atoms with Crippen LogP contribution in [0.5, 0.6) is 0 Å². The lowest BCUT2D eigenvalue weighted by molar-refractivity contribution is 0.627. The van der Waals surface area contributed by atoms with Crippen molar-refractivity contribution in [2.75, 3.05) is 0 Å². The molecule has 0 aliphatic heterocycles. The van der Waals surface area contributed by atoms with Gasteiger partial charge in [-0.2, -0.15) is 5.10 Å². The Morgan fingerprint density at radius 2 is 2.25 bits per heavy atom. The second-order valence-corrected chi connectivity index (χ2v) is 2.29. The van der Waals surface area contributed by atoms with E-state index in [2.05, 4.69) is 10.1 Å². The third-order valence-corrected chi connectivity index (χ3v) is 1.44. The lowest BCUT2D eigenvalue weighted by atomic mass is 10.5. The van der Waals surface area contributed by atoms with Crippen LogP contribution in [0.25, 0.3) is 5.82 Å². The summed E-state index contributed by atoms with van der Waals surface area (Å²) in [6, 6.07) is 5.37. The van der Waals surface area contributed by atoms with Crippen LogP contribution in [-0.4, -0.2) is 14.8 Å². The summed E-state index contributed by atoms with van der Waals surface area (Å²) < 4.78 is 13.9. The van der Waals surface area contributed by atoms with Gasteiger partial charge in [0.1, 0.15) is 0 Å². The van der Waals surface area contributed by atoms with Crippen LogP contribution >= 0.6 is 0 Å². The fourth-order valence-corrected chi connectivity index (χ4v) is 0.915. The number of nitrogens with zero attached hydrogens (tertiary/aromatic N) is 3. The molecule has 4 heteroatoms. The molecule has 0 fully saturated rings. The third kappa shape index (κ3) is 1.18. The van der Waals surface area contributed by atoms with Crippen LogP contribution in [0.15, 0.2) is 36.8 Å². The zero-order chi connectivity index (χ0) is 8.39. The number of hydrogen-bond donors (Lipinski definition) is 0. The first kappa shape index (κ1) is 6.97. The number of aromatic nitrogens is 3. The molecule has 2 heterocycles. The van der Waals surface area contributed by atoms with E-state index in [1.54, 1.807) is 18.3 Å². The normalized spacial score (nSPS) is 10.1. The first-order valence-electron chi connectivity index (χ1n) is 3.48. The maximum atomic E-state index is 12.5. The molecule has 0 unspecified atom stereocenters. The molecule has 0 aliphatic rings. The van der Waals surface area contributed by atoms with Gasteiger partial charge in [0.25, 0.3) is 0 Å². The molecule has 0 saturated carbocycles. The first-order valence-corrected chi connectivity index (χ1v) is 3.48. The third-order valence-electron chi connectivity index (χ3n) is 1.44. The van der Waals surface area contributed by atoms with Crippen molar-refractivity contribution in [3.8, 4) is 5.82 Å². The van der Waals surface area contributed by atoms with Crippen LogP contribution in [0.4, 0.5) is 4.39 Å². The Morgan fingerprint density at radius 3 is 2.83 bits per heavy atom. The summed E-state index contributed by atoms with van der Waals surface area (Å²) in [5.74, 6) is 0.252. The van der Waals surface area contributed by atoms with Crippen molar-refractivity contribution in [2.45, 2.75) is 0 Å². The van der Waals surface area contributed by atoms with Crippen LogP contribution in [0.3, 0.4) is 0 Å². The first-order chi connectivity index (χ1) is 5.86. The van der Waals surface area contributed by atoms with Crippen molar-refractivity contribution in [1.29, 1.82) is 0 Å². The van der Waals surface area contributed by atoms with E-state index in [1.807, 2.05) is 6.07 Å². The van der Waals surface area contributed by atoms with E-state index in [9.17, 15) is 4.39 Å². The van der Waals surface area contributed by atoms with E-state index in [4.69, 9.17) is 0 Å². The van der Waals surface area contributed by atoms with Gasteiger partial charge in [0.05, 0.1) is 12.4 Å². The molecule has 0 bridgehead atoms. The van der Waals surface area contributed by atoms with Crippen molar-refractivity contribution in [2.24, 2.45) is 0 Å². The predicted molar refractivity (Wildman–Crippen MR) is 41.3 cm³/mol. The Kier molecular flexibility index (Phi) is 1.59. The summed E-state index contributed by atoms with van der Waals surface area (Å²) in [6.45, 7) is 0. The van der Waals surface area contributed by atoms with Gasteiger partial charge in [0.2, 0.25) is 0 Å². The summed E-state index contributed by atoms with van der Waals surface area (Å²) in [5.41, 5.74) is 0. The smallest absolute Gasteiger partial charge is 0.161 e. The van der Waals surface area contributed by atoms with Gasteiger partial charge in [-0.1, -0.05) is 6.07 Å². The fraction of sp³-hybridized carbons (Fsp3) is 0. The van der Waals surface area contributed by atoms with Gasteiger partial charge in [-0.05, 0) is 12.1 Å².